The lowest BCUT2D eigenvalue weighted by Crippen LogP contribution is -2.33. The molecule has 31 heavy (non-hydrogen) atoms. The minimum Gasteiger partial charge on any atom is -0.465 e. The van der Waals surface area contributed by atoms with Crippen LogP contribution >= 0.6 is 0 Å². The van der Waals surface area contributed by atoms with Gasteiger partial charge in [-0.2, -0.15) is 4.98 Å². The van der Waals surface area contributed by atoms with E-state index in [1.54, 1.807) is 19.2 Å². The molecule has 2 aromatic heterocycles. The number of hydrogen-bond acceptors (Lipinski definition) is 6. The Morgan fingerprint density at radius 2 is 2.16 bits per heavy atom. The fourth-order valence-corrected chi connectivity index (χ4v) is 4.02. The largest absolute Gasteiger partial charge is 0.465 e. The predicted octanol–water partition coefficient (Wildman–Crippen LogP) is 4.90. The van der Waals surface area contributed by atoms with Crippen LogP contribution in [-0.2, 0) is 6.42 Å². The Balaban J connectivity index is 1.54. The lowest BCUT2D eigenvalue weighted by Gasteiger charge is -2.24. The van der Waals surface area contributed by atoms with E-state index in [9.17, 15) is 9.90 Å². The van der Waals surface area contributed by atoms with Crippen LogP contribution in [0.15, 0.2) is 41.1 Å². The van der Waals surface area contributed by atoms with Gasteiger partial charge in [0.2, 0.25) is 5.88 Å². The lowest BCUT2D eigenvalue weighted by molar-refractivity contribution is 0.142. The first-order valence-electron chi connectivity index (χ1n) is 10.4. The molecule has 1 atom stereocenters. The number of benzene rings is 1. The number of nitrogens with zero attached hydrogens (tertiary/aromatic N) is 4. The fraction of sp³-hybridized carbons (Fsp3) is 0.391. The number of ether oxygens (including phenoxy) is 1. The molecular weight excluding hydrogens is 396 g/mol. The molecule has 0 saturated heterocycles. The average Bonchev–Trinajstić information content (AvgIpc) is 3.08. The third-order valence-corrected chi connectivity index (χ3v) is 5.41. The molecule has 3 aromatic rings. The van der Waals surface area contributed by atoms with Gasteiger partial charge < -0.3 is 19.3 Å². The van der Waals surface area contributed by atoms with Crippen LogP contribution in [0.25, 0.3) is 11.5 Å². The SMILES string of the molecule is Cc1noc(-c2ccc(Oc3ccc4c(c3)CCN(C(=O)O)CC4CC(C)C)nc2)n1. The molecule has 1 N–H and O–H groups in total. The standard InChI is InChI=1S/C23H26N4O4/c1-14(2)10-18-13-27(23(28)29)9-8-16-11-19(5-6-20(16)18)30-21-7-4-17(12-24-21)22-25-15(3)26-31-22/h4-7,11-12,14,18H,8-10,13H2,1-3H3,(H,28,29). The van der Waals surface area contributed by atoms with Crippen LogP contribution < -0.4 is 4.74 Å². The molecule has 8 heteroatoms. The van der Waals surface area contributed by atoms with Crippen molar-refractivity contribution >= 4 is 6.09 Å². The van der Waals surface area contributed by atoms with E-state index >= 15 is 0 Å². The number of rotatable bonds is 5. The Morgan fingerprint density at radius 1 is 1.32 bits per heavy atom. The number of carbonyl (C=O) groups is 1. The van der Waals surface area contributed by atoms with Gasteiger partial charge in [0.15, 0.2) is 5.82 Å². The predicted molar refractivity (Wildman–Crippen MR) is 114 cm³/mol. The van der Waals surface area contributed by atoms with Crippen LogP contribution in [0, 0.1) is 12.8 Å². The van der Waals surface area contributed by atoms with E-state index in [2.05, 4.69) is 35.0 Å². The zero-order valence-electron chi connectivity index (χ0n) is 17.9. The number of pyridine rings is 1. The van der Waals surface area contributed by atoms with Gasteiger partial charge in [-0.3, -0.25) is 0 Å². The molecular formula is C23H26N4O4. The number of aromatic nitrogens is 3. The minimum atomic E-state index is -0.862. The molecule has 0 fully saturated rings. The van der Waals surface area contributed by atoms with Gasteiger partial charge in [0, 0.05) is 31.3 Å². The van der Waals surface area contributed by atoms with Gasteiger partial charge in [-0.15, -0.1) is 0 Å². The third-order valence-electron chi connectivity index (χ3n) is 5.41. The first-order chi connectivity index (χ1) is 14.9. The molecule has 8 nitrogen and oxygen atoms in total. The van der Waals surface area contributed by atoms with Gasteiger partial charge >= 0.3 is 6.09 Å². The van der Waals surface area contributed by atoms with Crippen molar-refractivity contribution < 1.29 is 19.2 Å². The fourth-order valence-electron chi connectivity index (χ4n) is 4.02. The van der Waals surface area contributed by atoms with Crippen molar-refractivity contribution in [3.05, 3.63) is 53.5 Å². The number of carboxylic acid groups (broad SMARTS) is 1. The van der Waals surface area contributed by atoms with Crippen molar-refractivity contribution in [2.75, 3.05) is 13.1 Å². The van der Waals surface area contributed by atoms with Gasteiger partial charge in [-0.1, -0.05) is 25.1 Å². The molecule has 0 saturated carbocycles. The maximum absolute atomic E-state index is 11.6. The highest BCUT2D eigenvalue weighted by Gasteiger charge is 2.26. The molecule has 0 aliphatic carbocycles. The molecule has 162 valence electrons. The van der Waals surface area contributed by atoms with Crippen molar-refractivity contribution in [3.8, 4) is 23.1 Å². The summed E-state index contributed by atoms with van der Waals surface area (Å²) >= 11 is 0. The summed E-state index contributed by atoms with van der Waals surface area (Å²) in [6, 6.07) is 9.58. The van der Waals surface area contributed by atoms with Crippen LogP contribution in [0.3, 0.4) is 0 Å². The number of aryl methyl sites for hydroxylation is 1. The second kappa shape index (κ2) is 8.75. The van der Waals surface area contributed by atoms with Gasteiger partial charge in [-0.05, 0) is 55.0 Å². The van der Waals surface area contributed by atoms with Crippen LogP contribution in [-0.4, -0.2) is 44.3 Å². The van der Waals surface area contributed by atoms with Crippen molar-refractivity contribution in [1.82, 2.24) is 20.0 Å². The minimum absolute atomic E-state index is 0.179. The molecule has 1 unspecified atom stereocenters. The Bertz CT molecular complexity index is 1060. The average molecular weight is 422 g/mol. The lowest BCUT2D eigenvalue weighted by atomic mass is 9.87. The molecule has 1 aromatic carbocycles. The van der Waals surface area contributed by atoms with E-state index in [1.807, 2.05) is 18.2 Å². The van der Waals surface area contributed by atoms with Crippen LogP contribution in [0.4, 0.5) is 4.79 Å². The first kappa shape index (κ1) is 20.8. The van der Waals surface area contributed by atoms with E-state index in [0.29, 0.717) is 48.8 Å². The van der Waals surface area contributed by atoms with Crippen molar-refractivity contribution in [3.63, 3.8) is 0 Å². The number of hydrogen-bond donors (Lipinski definition) is 1. The Kier molecular flexibility index (Phi) is 5.88. The van der Waals surface area contributed by atoms with E-state index < -0.39 is 6.09 Å². The highest BCUT2D eigenvalue weighted by Crippen LogP contribution is 2.34. The van der Waals surface area contributed by atoms with E-state index in [0.717, 1.165) is 17.5 Å². The molecule has 4 rings (SSSR count). The summed E-state index contributed by atoms with van der Waals surface area (Å²) in [4.78, 5) is 21.7. The second-order valence-corrected chi connectivity index (χ2v) is 8.30. The summed E-state index contributed by atoms with van der Waals surface area (Å²) in [5, 5.41) is 13.3. The molecule has 1 aliphatic rings. The molecule has 1 aliphatic heterocycles. The van der Waals surface area contributed by atoms with Crippen molar-refractivity contribution in [1.29, 1.82) is 0 Å². The van der Waals surface area contributed by atoms with Gasteiger partial charge in [-0.25, -0.2) is 9.78 Å². The summed E-state index contributed by atoms with van der Waals surface area (Å²) in [6.07, 6.45) is 2.37. The molecule has 0 radical (unpaired) electrons. The topological polar surface area (TPSA) is 102 Å². The van der Waals surface area contributed by atoms with Crippen LogP contribution in [0.2, 0.25) is 0 Å². The molecule has 3 heterocycles. The second-order valence-electron chi connectivity index (χ2n) is 8.30. The van der Waals surface area contributed by atoms with Crippen molar-refractivity contribution in [2.45, 2.75) is 39.5 Å². The van der Waals surface area contributed by atoms with Crippen LogP contribution in [0.1, 0.15) is 43.1 Å². The normalized spacial score (nSPS) is 16.1. The maximum atomic E-state index is 11.6. The highest BCUT2D eigenvalue weighted by atomic mass is 16.5. The van der Waals surface area contributed by atoms with E-state index in [1.165, 1.54) is 10.5 Å². The summed E-state index contributed by atoms with van der Waals surface area (Å²) < 4.78 is 11.1. The summed E-state index contributed by atoms with van der Waals surface area (Å²) in [5.74, 6) is 2.78. The van der Waals surface area contributed by atoms with Crippen molar-refractivity contribution in [2.24, 2.45) is 5.92 Å². The first-order valence-corrected chi connectivity index (χ1v) is 10.4. The van der Waals surface area contributed by atoms with E-state index in [4.69, 9.17) is 9.26 Å². The van der Waals surface area contributed by atoms with E-state index in [-0.39, 0.29) is 5.92 Å². The Morgan fingerprint density at radius 3 is 2.81 bits per heavy atom. The molecule has 0 bridgehead atoms. The molecule has 1 amide bonds. The third kappa shape index (κ3) is 4.84. The zero-order valence-corrected chi connectivity index (χ0v) is 17.9. The van der Waals surface area contributed by atoms with Crippen LogP contribution in [0.5, 0.6) is 11.6 Å². The van der Waals surface area contributed by atoms with Gasteiger partial charge in [0.25, 0.3) is 5.89 Å². The van der Waals surface area contributed by atoms with Gasteiger partial charge in [0.1, 0.15) is 5.75 Å². The monoisotopic (exact) mass is 422 g/mol. The Labute approximate surface area is 180 Å². The maximum Gasteiger partial charge on any atom is 0.407 e. The highest BCUT2D eigenvalue weighted by molar-refractivity contribution is 5.65. The molecule has 0 spiro atoms. The quantitative estimate of drug-likeness (QED) is 0.624. The number of fused-ring (bicyclic) bond motifs is 1. The summed E-state index contributed by atoms with van der Waals surface area (Å²) in [5.41, 5.74) is 3.06. The zero-order chi connectivity index (χ0) is 22.0. The smallest absolute Gasteiger partial charge is 0.407 e. The summed E-state index contributed by atoms with van der Waals surface area (Å²) in [7, 11) is 0. The number of amides is 1. The summed E-state index contributed by atoms with van der Waals surface area (Å²) in [6.45, 7) is 7.10. The Hall–Kier alpha value is -3.42. The van der Waals surface area contributed by atoms with Gasteiger partial charge in [0.05, 0.1) is 5.56 Å².